The Bertz CT molecular complexity index is 664. The van der Waals surface area contributed by atoms with Crippen molar-refractivity contribution in [2.75, 3.05) is 0 Å². The zero-order chi connectivity index (χ0) is 20.7. The summed E-state index contributed by atoms with van der Waals surface area (Å²) in [5.74, 6) is 0.0578. The van der Waals surface area contributed by atoms with Crippen molar-refractivity contribution in [1.82, 2.24) is 0 Å². The Morgan fingerprint density at radius 2 is 2.00 bits per heavy atom. The molecule has 0 unspecified atom stereocenters. The Balaban J connectivity index is 1.65. The van der Waals surface area contributed by atoms with Crippen LogP contribution in [-0.4, -0.2) is 22.8 Å². The maximum absolute atomic E-state index is 11.2. The summed E-state index contributed by atoms with van der Waals surface area (Å²) in [5, 5.41) is 9.19. The fraction of sp³-hybridized carbons (Fsp3) is 0.792. The van der Waals surface area contributed by atoms with Crippen LogP contribution in [0.4, 0.5) is 0 Å². The number of aliphatic carboxylic acids is 1. The number of allylic oxidation sites excluding steroid dienone is 4. The molecule has 3 rings (SSSR count). The lowest BCUT2D eigenvalue weighted by atomic mass is 9.57. The second kappa shape index (κ2) is 7.95. The molecule has 4 heteroatoms. The third-order valence-corrected chi connectivity index (χ3v) is 7.81. The van der Waals surface area contributed by atoms with E-state index in [9.17, 15) is 9.90 Å². The quantitative estimate of drug-likeness (QED) is 0.457. The number of carboxylic acids is 1. The van der Waals surface area contributed by atoms with Gasteiger partial charge in [0.1, 0.15) is 11.7 Å². The summed E-state index contributed by atoms with van der Waals surface area (Å²) < 4.78 is 0. The number of fused-ring (bicyclic) bond motifs is 1. The minimum Gasteiger partial charge on any atom is -0.481 e. The molecule has 3 aliphatic rings. The fourth-order valence-corrected chi connectivity index (χ4v) is 5.81. The van der Waals surface area contributed by atoms with Crippen LogP contribution in [0, 0.1) is 23.2 Å². The Hall–Kier alpha value is -1.13. The number of carboxylic acid groups (broad SMARTS) is 1. The van der Waals surface area contributed by atoms with Gasteiger partial charge in [0.2, 0.25) is 0 Å². The van der Waals surface area contributed by atoms with E-state index in [1.165, 1.54) is 19.3 Å². The highest BCUT2D eigenvalue weighted by Crippen LogP contribution is 2.54. The molecule has 1 saturated heterocycles. The molecule has 5 atom stereocenters. The van der Waals surface area contributed by atoms with E-state index in [0.29, 0.717) is 5.92 Å². The number of rotatable bonds is 5. The predicted octanol–water partition coefficient (Wildman–Crippen LogP) is 6.08. The number of hydrogen-bond donors (Lipinski definition) is 1. The van der Waals surface area contributed by atoms with Crippen LogP contribution in [0.1, 0.15) is 86.5 Å². The van der Waals surface area contributed by atoms with Gasteiger partial charge in [-0.25, -0.2) is 9.78 Å². The smallest absolute Gasteiger partial charge is 0.308 e. The van der Waals surface area contributed by atoms with Crippen molar-refractivity contribution in [3.05, 3.63) is 22.8 Å². The summed E-state index contributed by atoms with van der Waals surface area (Å²) in [6.07, 6.45) is 9.42. The summed E-state index contributed by atoms with van der Waals surface area (Å²) >= 11 is 0. The fourth-order valence-electron chi connectivity index (χ4n) is 5.81. The summed E-state index contributed by atoms with van der Waals surface area (Å²) in [6.45, 7) is 13.3. The molecule has 158 valence electrons. The molecule has 1 heterocycles. The Labute approximate surface area is 170 Å². The lowest BCUT2D eigenvalue weighted by Crippen LogP contribution is -2.42. The van der Waals surface area contributed by atoms with Crippen LogP contribution in [0.2, 0.25) is 0 Å². The first-order valence-electron chi connectivity index (χ1n) is 11.0. The first-order chi connectivity index (χ1) is 13.0. The minimum atomic E-state index is -0.826. The van der Waals surface area contributed by atoms with E-state index in [1.807, 2.05) is 0 Å². The molecule has 0 aromatic heterocycles. The average Bonchev–Trinajstić information content (AvgIpc) is 2.60. The van der Waals surface area contributed by atoms with Gasteiger partial charge < -0.3 is 5.11 Å². The van der Waals surface area contributed by atoms with Crippen LogP contribution < -0.4 is 0 Å². The molecule has 28 heavy (non-hydrogen) atoms. The van der Waals surface area contributed by atoms with Crippen LogP contribution in [-0.2, 0) is 14.6 Å². The van der Waals surface area contributed by atoms with E-state index in [4.69, 9.17) is 9.78 Å². The van der Waals surface area contributed by atoms with Crippen LogP contribution in [0.3, 0.4) is 0 Å². The molecule has 0 saturated carbocycles. The molecule has 4 nitrogen and oxygen atoms in total. The molecule has 0 spiro atoms. The van der Waals surface area contributed by atoms with Crippen LogP contribution in [0.15, 0.2) is 22.8 Å². The number of carbonyl (C=O) groups is 1. The zero-order valence-electron chi connectivity index (χ0n) is 18.5. The van der Waals surface area contributed by atoms with E-state index in [0.717, 1.165) is 31.6 Å². The lowest BCUT2D eigenvalue weighted by molar-refractivity contribution is -0.411. The van der Waals surface area contributed by atoms with Gasteiger partial charge in [0.05, 0.1) is 5.92 Å². The van der Waals surface area contributed by atoms with E-state index in [1.54, 1.807) is 23.6 Å². The molecule has 0 aromatic carbocycles. The zero-order valence-corrected chi connectivity index (χ0v) is 18.5. The largest absolute Gasteiger partial charge is 0.481 e. The molecule has 2 aliphatic carbocycles. The lowest BCUT2D eigenvalue weighted by Gasteiger charge is -2.48. The van der Waals surface area contributed by atoms with Crippen molar-refractivity contribution in [1.29, 1.82) is 0 Å². The van der Waals surface area contributed by atoms with Gasteiger partial charge in [0.15, 0.2) is 0 Å². The molecule has 0 radical (unpaired) electrons. The second-order valence-electron chi connectivity index (χ2n) is 10.3. The highest BCUT2D eigenvalue weighted by molar-refractivity contribution is 5.70. The maximum atomic E-state index is 11.2. The Morgan fingerprint density at radius 1 is 1.29 bits per heavy atom. The first-order valence-corrected chi connectivity index (χ1v) is 11.0. The summed E-state index contributed by atoms with van der Waals surface area (Å²) in [7, 11) is 0. The van der Waals surface area contributed by atoms with Gasteiger partial charge in [-0.3, -0.25) is 4.79 Å². The van der Waals surface area contributed by atoms with Crippen molar-refractivity contribution in [2.24, 2.45) is 23.2 Å². The van der Waals surface area contributed by atoms with Crippen molar-refractivity contribution < 1.29 is 19.7 Å². The third kappa shape index (κ3) is 4.23. The molecular formula is C24H38O4. The molecule has 0 bridgehead atoms. The van der Waals surface area contributed by atoms with Crippen LogP contribution in [0.25, 0.3) is 0 Å². The topological polar surface area (TPSA) is 55.8 Å². The molecule has 1 N–H and O–H groups in total. The van der Waals surface area contributed by atoms with Gasteiger partial charge in [-0.05, 0) is 89.9 Å². The van der Waals surface area contributed by atoms with Gasteiger partial charge in [-0.1, -0.05) is 36.6 Å². The highest BCUT2D eigenvalue weighted by atomic mass is 17.2. The van der Waals surface area contributed by atoms with Crippen molar-refractivity contribution in [3.63, 3.8) is 0 Å². The van der Waals surface area contributed by atoms with E-state index in [-0.39, 0.29) is 17.1 Å². The van der Waals surface area contributed by atoms with E-state index >= 15 is 0 Å². The predicted molar refractivity (Wildman–Crippen MR) is 111 cm³/mol. The van der Waals surface area contributed by atoms with Crippen LogP contribution in [0.5, 0.6) is 0 Å². The maximum Gasteiger partial charge on any atom is 0.308 e. The molecule has 0 amide bonds. The number of hydrogen-bond acceptors (Lipinski definition) is 3. The van der Waals surface area contributed by atoms with Gasteiger partial charge in [-0.15, -0.1) is 0 Å². The normalized spacial score (nSPS) is 36.5. The highest BCUT2D eigenvalue weighted by Gasteiger charge is 2.44. The van der Waals surface area contributed by atoms with Crippen molar-refractivity contribution in [3.8, 4) is 0 Å². The minimum absolute atomic E-state index is 0.219. The third-order valence-electron chi connectivity index (χ3n) is 7.81. The van der Waals surface area contributed by atoms with E-state index in [2.05, 4.69) is 40.7 Å². The summed E-state index contributed by atoms with van der Waals surface area (Å²) in [6, 6.07) is 0. The standard InChI is InChI=1S/C24H38O4/c1-15-7-8-20-18(13-15)14-16(2)19(23(20,4)5)9-11-24(6)12-10-21(27-28-24)17(3)22(25)26/h13,17-18,20-21H,7-12,14H2,1-6H3,(H,25,26)/t17-,18+,20+,21-,24-/m1/s1. The molecular weight excluding hydrogens is 352 g/mol. The molecule has 1 fully saturated rings. The van der Waals surface area contributed by atoms with Crippen molar-refractivity contribution >= 4 is 5.97 Å². The molecule has 1 aliphatic heterocycles. The Kier molecular flexibility index (Phi) is 6.12. The first kappa shape index (κ1) is 21.6. The average molecular weight is 391 g/mol. The molecule has 0 aromatic rings. The van der Waals surface area contributed by atoms with Gasteiger partial charge in [0.25, 0.3) is 0 Å². The summed E-state index contributed by atoms with van der Waals surface area (Å²) in [5.41, 5.74) is 4.59. The van der Waals surface area contributed by atoms with Gasteiger partial charge in [-0.2, -0.15) is 0 Å². The van der Waals surface area contributed by atoms with E-state index < -0.39 is 11.9 Å². The Morgan fingerprint density at radius 3 is 2.61 bits per heavy atom. The summed E-state index contributed by atoms with van der Waals surface area (Å²) in [4.78, 5) is 22.5. The van der Waals surface area contributed by atoms with Gasteiger partial charge >= 0.3 is 5.97 Å². The second-order valence-corrected chi connectivity index (χ2v) is 10.3. The van der Waals surface area contributed by atoms with Crippen molar-refractivity contribution in [2.45, 2.75) is 98.2 Å². The van der Waals surface area contributed by atoms with Gasteiger partial charge in [0, 0.05) is 0 Å². The SMILES string of the molecule is CC1=C[C@H]2CC(C)=C(CC[C@]3(C)CC[C@H]([C@@H](C)C(=O)O)OO3)C(C)(C)[C@H]2CC1. The monoisotopic (exact) mass is 390 g/mol. The van der Waals surface area contributed by atoms with Crippen LogP contribution >= 0.6 is 0 Å².